The molecular formula is C13H26N4O. The van der Waals surface area contributed by atoms with Crippen LogP contribution in [0.15, 0.2) is 0 Å². The maximum atomic E-state index is 11.9. The summed E-state index contributed by atoms with van der Waals surface area (Å²) in [5, 5.41) is 6.38. The number of nitrogens with one attached hydrogen (secondary N) is 2. The van der Waals surface area contributed by atoms with Crippen LogP contribution >= 0.6 is 0 Å². The van der Waals surface area contributed by atoms with Crippen molar-refractivity contribution in [2.45, 2.75) is 25.3 Å². The summed E-state index contributed by atoms with van der Waals surface area (Å²) in [7, 11) is 2.16. The second kappa shape index (κ2) is 7.07. The average Bonchev–Trinajstić information content (AvgIpc) is 2.39. The molecule has 2 rings (SSSR count). The van der Waals surface area contributed by atoms with E-state index >= 15 is 0 Å². The van der Waals surface area contributed by atoms with E-state index in [2.05, 4.69) is 27.5 Å². The monoisotopic (exact) mass is 254 g/mol. The average molecular weight is 254 g/mol. The van der Waals surface area contributed by atoms with Crippen molar-refractivity contribution < 1.29 is 4.79 Å². The van der Waals surface area contributed by atoms with Gasteiger partial charge in [-0.2, -0.15) is 0 Å². The molecule has 0 radical (unpaired) electrons. The summed E-state index contributed by atoms with van der Waals surface area (Å²) in [5.74, 6) is 0.177. The minimum Gasteiger partial charge on any atom is -0.353 e. The van der Waals surface area contributed by atoms with Crippen molar-refractivity contribution in [1.82, 2.24) is 20.4 Å². The molecular weight excluding hydrogens is 228 g/mol. The fourth-order valence-electron chi connectivity index (χ4n) is 2.76. The van der Waals surface area contributed by atoms with E-state index in [4.69, 9.17) is 0 Å². The van der Waals surface area contributed by atoms with Crippen molar-refractivity contribution in [3.63, 3.8) is 0 Å². The molecule has 0 aromatic carbocycles. The highest BCUT2D eigenvalue weighted by Crippen LogP contribution is 2.13. The molecule has 0 aliphatic carbocycles. The van der Waals surface area contributed by atoms with Crippen molar-refractivity contribution in [2.24, 2.45) is 0 Å². The van der Waals surface area contributed by atoms with Crippen LogP contribution in [0.25, 0.3) is 0 Å². The van der Waals surface area contributed by atoms with Crippen LogP contribution < -0.4 is 10.6 Å². The van der Waals surface area contributed by atoms with Gasteiger partial charge in [0.05, 0.1) is 6.54 Å². The number of rotatable bonds is 4. The van der Waals surface area contributed by atoms with Crippen molar-refractivity contribution in [1.29, 1.82) is 0 Å². The van der Waals surface area contributed by atoms with E-state index in [9.17, 15) is 4.79 Å². The molecule has 1 amide bonds. The van der Waals surface area contributed by atoms with Gasteiger partial charge >= 0.3 is 0 Å². The summed E-state index contributed by atoms with van der Waals surface area (Å²) in [6.45, 7) is 6.49. The van der Waals surface area contributed by atoms with Gasteiger partial charge in [-0.1, -0.05) is 6.42 Å². The van der Waals surface area contributed by atoms with Crippen LogP contribution in [0.1, 0.15) is 19.3 Å². The van der Waals surface area contributed by atoms with Crippen molar-refractivity contribution in [3.8, 4) is 0 Å². The Morgan fingerprint density at radius 3 is 2.78 bits per heavy atom. The molecule has 0 bridgehead atoms. The number of carbonyl (C=O) groups is 1. The van der Waals surface area contributed by atoms with Crippen molar-refractivity contribution >= 4 is 5.91 Å². The molecule has 104 valence electrons. The molecule has 0 aromatic heterocycles. The molecule has 0 spiro atoms. The summed E-state index contributed by atoms with van der Waals surface area (Å²) in [6, 6.07) is 0.533. The molecule has 2 aliphatic heterocycles. The Bertz CT molecular complexity index is 266. The number of hydrogen-bond donors (Lipinski definition) is 2. The third-order valence-corrected chi connectivity index (χ3v) is 4.03. The van der Waals surface area contributed by atoms with Gasteiger partial charge in [-0.25, -0.2) is 0 Å². The van der Waals surface area contributed by atoms with E-state index in [-0.39, 0.29) is 5.91 Å². The van der Waals surface area contributed by atoms with E-state index in [1.54, 1.807) is 0 Å². The molecule has 5 nitrogen and oxygen atoms in total. The topological polar surface area (TPSA) is 47.6 Å². The quantitative estimate of drug-likeness (QED) is 0.709. The summed E-state index contributed by atoms with van der Waals surface area (Å²) in [5.41, 5.74) is 0. The lowest BCUT2D eigenvalue weighted by Gasteiger charge is -2.33. The lowest BCUT2D eigenvalue weighted by molar-refractivity contribution is -0.122. The maximum absolute atomic E-state index is 11.9. The Balaban J connectivity index is 1.64. The molecule has 2 saturated heterocycles. The van der Waals surface area contributed by atoms with Gasteiger partial charge in [0.25, 0.3) is 0 Å². The normalized spacial score (nSPS) is 27.1. The zero-order valence-electron chi connectivity index (χ0n) is 11.5. The number of likely N-dealkylation sites (N-methyl/N-ethyl adjacent to an activating group) is 1. The molecule has 1 atom stereocenters. The lowest BCUT2D eigenvalue weighted by atomic mass is 10.0. The Hall–Kier alpha value is -0.650. The predicted octanol–water partition coefficient (Wildman–Crippen LogP) is -0.508. The van der Waals surface area contributed by atoms with Crippen LogP contribution in [0.3, 0.4) is 0 Å². The Labute approximate surface area is 110 Å². The highest BCUT2D eigenvalue weighted by Gasteiger charge is 2.20. The molecule has 18 heavy (non-hydrogen) atoms. The van der Waals surface area contributed by atoms with E-state index < -0.39 is 0 Å². The van der Waals surface area contributed by atoms with E-state index in [1.807, 2.05) is 0 Å². The van der Waals surface area contributed by atoms with Crippen LogP contribution in [-0.2, 0) is 4.79 Å². The smallest absolute Gasteiger partial charge is 0.234 e. The largest absolute Gasteiger partial charge is 0.353 e. The predicted molar refractivity (Wildman–Crippen MR) is 72.6 cm³/mol. The van der Waals surface area contributed by atoms with Gasteiger partial charge in [0.15, 0.2) is 0 Å². The molecule has 2 aliphatic rings. The first-order chi connectivity index (χ1) is 8.75. The molecule has 2 fully saturated rings. The molecule has 2 heterocycles. The van der Waals surface area contributed by atoms with Gasteiger partial charge in [0, 0.05) is 38.8 Å². The second-order valence-corrected chi connectivity index (χ2v) is 5.46. The summed E-state index contributed by atoms with van der Waals surface area (Å²) >= 11 is 0. The van der Waals surface area contributed by atoms with Gasteiger partial charge in [-0.15, -0.1) is 0 Å². The fraction of sp³-hybridized carbons (Fsp3) is 0.923. The van der Waals surface area contributed by atoms with E-state index in [0.717, 1.165) is 32.7 Å². The zero-order valence-corrected chi connectivity index (χ0v) is 11.5. The summed E-state index contributed by atoms with van der Waals surface area (Å²) in [4.78, 5) is 16.5. The number of carbonyl (C=O) groups excluding carboxylic acids is 1. The first-order valence-electron chi connectivity index (χ1n) is 7.16. The van der Waals surface area contributed by atoms with Crippen LogP contribution in [0.4, 0.5) is 0 Å². The van der Waals surface area contributed by atoms with Gasteiger partial charge in [0.2, 0.25) is 5.91 Å². The number of piperazine rings is 1. The standard InChI is InChI=1S/C13H26N4O/c1-16-7-3-2-4-12(16)10-15-13(18)11-17-8-5-14-6-9-17/h12,14H,2-11H2,1H3,(H,15,18). The number of amides is 1. The fourth-order valence-corrected chi connectivity index (χ4v) is 2.76. The van der Waals surface area contributed by atoms with Gasteiger partial charge < -0.3 is 15.5 Å². The highest BCUT2D eigenvalue weighted by atomic mass is 16.2. The minimum absolute atomic E-state index is 0.177. The third kappa shape index (κ3) is 4.23. The zero-order chi connectivity index (χ0) is 12.8. The molecule has 2 N–H and O–H groups in total. The first kappa shape index (κ1) is 13.8. The second-order valence-electron chi connectivity index (χ2n) is 5.46. The van der Waals surface area contributed by atoms with Gasteiger partial charge in [-0.05, 0) is 26.4 Å². The Kier molecular flexibility index (Phi) is 5.41. The minimum atomic E-state index is 0.177. The lowest BCUT2D eigenvalue weighted by Crippen LogP contribution is -2.50. The van der Waals surface area contributed by atoms with E-state index in [0.29, 0.717) is 12.6 Å². The van der Waals surface area contributed by atoms with Crippen LogP contribution in [0.2, 0.25) is 0 Å². The van der Waals surface area contributed by atoms with Crippen molar-refractivity contribution in [2.75, 3.05) is 52.9 Å². The van der Waals surface area contributed by atoms with Gasteiger partial charge in [-0.3, -0.25) is 9.69 Å². The molecule has 0 saturated carbocycles. The van der Waals surface area contributed by atoms with Crippen LogP contribution in [-0.4, -0.2) is 74.6 Å². The van der Waals surface area contributed by atoms with E-state index in [1.165, 1.54) is 25.8 Å². The third-order valence-electron chi connectivity index (χ3n) is 4.03. The van der Waals surface area contributed by atoms with Crippen LogP contribution in [0, 0.1) is 0 Å². The van der Waals surface area contributed by atoms with Gasteiger partial charge in [0.1, 0.15) is 0 Å². The molecule has 0 aromatic rings. The first-order valence-corrected chi connectivity index (χ1v) is 7.16. The van der Waals surface area contributed by atoms with Crippen LogP contribution in [0.5, 0.6) is 0 Å². The number of likely N-dealkylation sites (tertiary alicyclic amines) is 1. The Morgan fingerprint density at radius 1 is 1.28 bits per heavy atom. The highest BCUT2D eigenvalue weighted by molar-refractivity contribution is 5.78. The number of piperidine rings is 1. The molecule has 5 heteroatoms. The maximum Gasteiger partial charge on any atom is 0.234 e. The Morgan fingerprint density at radius 2 is 2.06 bits per heavy atom. The SMILES string of the molecule is CN1CCCCC1CNC(=O)CN1CCNCC1. The molecule has 1 unspecified atom stereocenters. The number of hydrogen-bond acceptors (Lipinski definition) is 4. The summed E-state index contributed by atoms with van der Waals surface area (Å²) < 4.78 is 0. The number of nitrogens with zero attached hydrogens (tertiary/aromatic N) is 2. The van der Waals surface area contributed by atoms with Crippen molar-refractivity contribution in [3.05, 3.63) is 0 Å². The summed E-state index contributed by atoms with van der Waals surface area (Å²) in [6.07, 6.45) is 3.80.